The van der Waals surface area contributed by atoms with E-state index < -0.39 is 0 Å². The van der Waals surface area contributed by atoms with E-state index in [9.17, 15) is 9.90 Å². The van der Waals surface area contributed by atoms with E-state index in [4.69, 9.17) is 4.74 Å². The van der Waals surface area contributed by atoms with Crippen molar-refractivity contribution in [3.8, 4) is 11.5 Å². The number of carbonyl (C=O) groups excluding carboxylic acids is 1. The summed E-state index contributed by atoms with van der Waals surface area (Å²) < 4.78 is 5.99. The van der Waals surface area contributed by atoms with Gasteiger partial charge in [0, 0.05) is 12.6 Å². The minimum Gasteiger partial charge on any atom is -0.504 e. The molecule has 1 amide bonds. The standard InChI is InChI=1S/C19H22N2O3/c22-17-9-4-12-20-19(17)21-18(23)11-10-14-5-3-8-16(13-14)24-15-6-1-2-7-15/h3-5,8-9,12-13,15,22H,1-2,6-7,10-11H2,(H,20,21,23). The van der Waals surface area contributed by atoms with Crippen LogP contribution in [0.5, 0.6) is 11.5 Å². The van der Waals surface area contributed by atoms with Crippen LogP contribution in [0.25, 0.3) is 0 Å². The SMILES string of the molecule is O=C(CCc1cccc(OC2CCCC2)c1)Nc1ncccc1O. The van der Waals surface area contributed by atoms with Gasteiger partial charge in [-0.05, 0) is 61.9 Å². The van der Waals surface area contributed by atoms with E-state index in [2.05, 4.69) is 10.3 Å². The van der Waals surface area contributed by atoms with Crippen LogP contribution in [0, 0.1) is 0 Å². The van der Waals surface area contributed by atoms with Gasteiger partial charge >= 0.3 is 0 Å². The van der Waals surface area contributed by atoms with Gasteiger partial charge < -0.3 is 15.2 Å². The van der Waals surface area contributed by atoms with Crippen LogP contribution in [0.4, 0.5) is 5.82 Å². The third-order valence-electron chi connectivity index (χ3n) is 4.19. The predicted molar refractivity (Wildman–Crippen MR) is 92.2 cm³/mol. The number of aromatic hydroxyl groups is 1. The van der Waals surface area contributed by atoms with Crippen molar-refractivity contribution in [1.29, 1.82) is 0 Å². The molecule has 0 aliphatic heterocycles. The Kier molecular flexibility index (Phi) is 5.31. The number of hydrogen-bond acceptors (Lipinski definition) is 4. The van der Waals surface area contributed by atoms with Crippen LogP contribution in [0.2, 0.25) is 0 Å². The highest BCUT2D eigenvalue weighted by molar-refractivity contribution is 5.91. The summed E-state index contributed by atoms with van der Waals surface area (Å²) in [5.74, 6) is 0.868. The van der Waals surface area contributed by atoms with Gasteiger partial charge in [-0.15, -0.1) is 0 Å². The number of aromatic nitrogens is 1. The first-order valence-electron chi connectivity index (χ1n) is 8.40. The fourth-order valence-corrected chi connectivity index (χ4v) is 2.92. The predicted octanol–water partition coefficient (Wildman–Crippen LogP) is 3.68. The average molecular weight is 326 g/mol. The fourth-order valence-electron chi connectivity index (χ4n) is 2.92. The molecule has 0 unspecified atom stereocenters. The molecular weight excluding hydrogens is 304 g/mol. The van der Waals surface area contributed by atoms with Crippen LogP contribution in [0.15, 0.2) is 42.6 Å². The van der Waals surface area contributed by atoms with Crippen molar-refractivity contribution < 1.29 is 14.6 Å². The molecule has 1 saturated carbocycles. The lowest BCUT2D eigenvalue weighted by molar-refractivity contribution is -0.116. The number of anilines is 1. The number of aryl methyl sites for hydroxylation is 1. The van der Waals surface area contributed by atoms with Crippen molar-refractivity contribution in [3.05, 3.63) is 48.2 Å². The zero-order chi connectivity index (χ0) is 16.8. The highest BCUT2D eigenvalue weighted by atomic mass is 16.5. The third kappa shape index (κ3) is 4.47. The number of carbonyl (C=O) groups is 1. The van der Waals surface area contributed by atoms with Crippen molar-refractivity contribution in [2.75, 3.05) is 5.32 Å². The maximum absolute atomic E-state index is 12.0. The van der Waals surface area contributed by atoms with Crippen LogP contribution in [-0.2, 0) is 11.2 Å². The molecule has 1 aromatic carbocycles. The first-order valence-corrected chi connectivity index (χ1v) is 8.40. The quantitative estimate of drug-likeness (QED) is 0.849. The molecule has 24 heavy (non-hydrogen) atoms. The molecule has 5 heteroatoms. The van der Waals surface area contributed by atoms with Gasteiger partial charge in [-0.2, -0.15) is 0 Å². The van der Waals surface area contributed by atoms with Gasteiger partial charge in [0.2, 0.25) is 5.91 Å². The van der Waals surface area contributed by atoms with Crippen LogP contribution < -0.4 is 10.1 Å². The topological polar surface area (TPSA) is 71.5 Å². The van der Waals surface area contributed by atoms with E-state index >= 15 is 0 Å². The average Bonchev–Trinajstić information content (AvgIpc) is 3.08. The minimum absolute atomic E-state index is 0.0298. The molecular formula is C19H22N2O3. The van der Waals surface area contributed by atoms with Crippen molar-refractivity contribution in [2.45, 2.75) is 44.6 Å². The molecule has 1 aliphatic carbocycles. The van der Waals surface area contributed by atoms with Gasteiger partial charge in [-0.3, -0.25) is 4.79 Å². The Morgan fingerprint density at radius 2 is 2.08 bits per heavy atom. The molecule has 0 radical (unpaired) electrons. The summed E-state index contributed by atoms with van der Waals surface area (Å²) in [5, 5.41) is 12.2. The molecule has 5 nitrogen and oxygen atoms in total. The van der Waals surface area contributed by atoms with Gasteiger partial charge in [-0.1, -0.05) is 12.1 Å². The molecule has 1 heterocycles. The van der Waals surface area contributed by atoms with Gasteiger partial charge in [0.1, 0.15) is 5.75 Å². The van der Waals surface area contributed by atoms with Crippen LogP contribution in [0.1, 0.15) is 37.7 Å². The Bertz CT molecular complexity index is 697. The summed E-state index contributed by atoms with van der Waals surface area (Å²) in [6, 6.07) is 11.0. The molecule has 1 aromatic heterocycles. The Morgan fingerprint density at radius 1 is 1.25 bits per heavy atom. The summed E-state index contributed by atoms with van der Waals surface area (Å²) >= 11 is 0. The second kappa shape index (κ2) is 7.81. The van der Waals surface area contributed by atoms with E-state index in [0.717, 1.165) is 24.2 Å². The van der Waals surface area contributed by atoms with Crippen LogP contribution in [-0.4, -0.2) is 22.1 Å². The Hall–Kier alpha value is -2.56. The highest BCUT2D eigenvalue weighted by Gasteiger charge is 2.16. The lowest BCUT2D eigenvalue weighted by atomic mass is 10.1. The zero-order valence-corrected chi connectivity index (χ0v) is 13.6. The fraction of sp³-hybridized carbons (Fsp3) is 0.368. The monoisotopic (exact) mass is 326 g/mol. The maximum Gasteiger partial charge on any atom is 0.225 e. The number of ether oxygens (including phenoxy) is 1. The smallest absolute Gasteiger partial charge is 0.225 e. The minimum atomic E-state index is -0.175. The summed E-state index contributed by atoms with van der Waals surface area (Å²) in [6.07, 6.45) is 7.52. The van der Waals surface area contributed by atoms with Gasteiger partial charge in [0.05, 0.1) is 6.10 Å². The van der Waals surface area contributed by atoms with E-state index in [0.29, 0.717) is 18.9 Å². The molecule has 2 N–H and O–H groups in total. The molecule has 0 bridgehead atoms. The molecule has 0 saturated heterocycles. The molecule has 0 atom stereocenters. The summed E-state index contributed by atoms with van der Waals surface area (Å²) in [5.41, 5.74) is 1.06. The van der Waals surface area contributed by atoms with E-state index in [-0.39, 0.29) is 17.5 Å². The van der Waals surface area contributed by atoms with Crippen LogP contribution in [0.3, 0.4) is 0 Å². The van der Waals surface area contributed by atoms with E-state index in [1.807, 2.05) is 24.3 Å². The number of benzene rings is 1. The van der Waals surface area contributed by atoms with Crippen molar-refractivity contribution in [3.63, 3.8) is 0 Å². The van der Waals surface area contributed by atoms with Crippen molar-refractivity contribution in [1.82, 2.24) is 4.98 Å². The molecule has 2 aromatic rings. The third-order valence-corrected chi connectivity index (χ3v) is 4.19. The van der Waals surface area contributed by atoms with Gasteiger partial charge in [0.15, 0.2) is 11.6 Å². The van der Waals surface area contributed by atoms with E-state index in [1.165, 1.54) is 25.1 Å². The highest BCUT2D eigenvalue weighted by Crippen LogP contribution is 2.25. The number of pyridine rings is 1. The number of hydrogen-bond donors (Lipinski definition) is 2. The van der Waals surface area contributed by atoms with Crippen molar-refractivity contribution >= 4 is 11.7 Å². The number of rotatable bonds is 6. The second-order valence-corrected chi connectivity index (χ2v) is 6.09. The second-order valence-electron chi connectivity index (χ2n) is 6.09. The molecule has 0 spiro atoms. The molecule has 3 rings (SSSR count). The maximum atomic E-state index is 12.0. The first-order chi connectivity index (χ1) is 11.7. The Morgan fingerprint density at radius 3 is 2.88 bits per heavy atom. The van der Waals surface area contributed by atoms with Gasteiger partial charge in [0.25, 0.3) is 0 Å². The first kappa shape index (κ1) is 16.3. The number of nitrogens with zero attached hydrogens (tertiary/aromatic N) is 1. The lowest BCUT2D eigenvalue weighted by Crippen LogP contribution is -2.13. The molecule has 1 fully saturated rings. The summed E-state index contributed by atoms with van der Waals surface area (Å²) in [7, 11) is 0. The largest absolute Gasteiger partial charge is 0.504 e. The zero-order valence-electron chi connectivity index (χ0n) is 13.6. The Balaban J connectivity index is 1.52. The van der Waals surface area contributed by atoms with Gasteiger partial charge in [-0.25, -0.2) is 4.98 Å². The number of amides is 1. The number of nitrogens with one attached hydrogen (secondary N) is 1. The molecule has 1 aliphatic rings. The summed E-state index contributed by atoms with van der Waals surface area (Å²) in [6.45, 7) is 0. The van der Waals surface area contributed by atoms with E-state index in [1.54, 1.807) is 6.07 Å². The normalized spacial score (nSPS) is 14.5. The Labute approximate surface area is 141 Å². The summed E-state index contributed by atoms with van der Waals surface area (Å²) in [4.78, 5) is 16.0. The van der Waals surface area contributed by atoms with Crippen LogP contribution >= 0.6 is 0 Å². The lowest BCUT2D eigenvalue weighted by Gasteiger charge is -2.13. The molecule has 126 valence electrons. The van der Waals surface area contributed by atoms with Crippen molar-refractivity contribution in [2.24, 2.45) is 0 Å².